The SMILES string of the molecule is O=C(Nc1ccc(Cl)c(Cl)c1)OCCCCCCl. The average molecular weight is 311 g/mol. The zero-order valence-electron chi connectivity index (χ0n) is 9.72. The molecule has 0 aliphatic rings. The lowest BCUT2D eigenvalue weighted by Crippen LogP contribution is -2.14. The van der Waals surface area contributed by atoms with Crippen LogP contribution in [-0.4, -0.2) is 18.6 Å². The molecule has 0 saturated heterocycles. The summed E-state index contributed by atoms with van der Waals surface area (Å²) in [5.74, 6) is 0.634. The van der Waals surface area contributed by atoms with Crippen molar-refractivity contribution in [2.24, 2.45) is 0 Å². The summed E-state index contributed by atoms with van der Waals surface area (Å²) in [5.41, 5.74) is 0.551. The van der Waals surface area contributed by atoms with Crippen LogP contribution >= 0.6 is 34.8 Å². The maximum atomic E-state index is 11.4. The lowest BCUT2D eigenvalue weighted by Gasteiger charge is -2.07. The summed E-state index contributed by atoms with van der Waals surface area (Å²) >= 11 is 17.1. The van der Waals surface area contributed by atoms with Gasteiger partial charge in [-0.2, -0.15) is 0 Å². The highest BCUT2D eigenvalue weighted by Crippen LogP contribution is 2.24. The van der Waals surface area contributed by atoms with Crippen LogP contribution in [0.15, 0.2) is 18.2 Å². The smallest absolute Gasteiger partial charge is 0.411 e. The normalized spacial score (nSPS) is 10.2. The van der Waals surface area contributed by atoms with E-state index in [9.17, 15) is 4.79 Å². The molecule has 0 aromatic heterocycles. The second-order valence-electron chi connectivity index (χ2n) is 3.64. The van der Waals surface area contributed by atoms with Gasteiger partial charge in [-0.05, 0) is 37.5 Å². The molecule has 0 heterocycles. The molecule has 100 valence electrons. The summed E-state index contributed by atoms with van der Waals surface area (Å²) in [7, 11) is 0. The molecule has 18 heavy (non-hydrogen) atoms. The van der Waals surface area contributed by atoms with Gasteiger partial charge < -0.3 is 4.74 Å². The van der Waals surface area contributed by atoms with Gasteiger partial charge in [-0.3, -0.25) is 5.32 Å². The molecular formula is C12H14Cl3NO2. The fraction of sp³-hybridized carbons (Fsp3) is 0.417. The molecule has 0 radical (unpaired) electrons. The number of benzene rings is 1. The lowest BCUT2D eigenvalue weighted by atomic mass is 10.3. The Balaban J connectivity index is 2.29. The van der Waals surface area contributed by atoms with Gasteiger partial charge in [-0.15, -0.1) is 11.6 Å². The van der Waals surface area contributed by atoms with Gasteiger partial charge in [-0.25, -0.2) is 4.79 Å². The topological polar surface area (TPSA) is 38.3 Å². The van der Waals surface area contributed by atoms with Crippen LogP contribution in [0.3, 0.4) is 0 Å². The van der Waals surface area contributed by atoms with E-state index in [-0.39, 0.29) is 0 Å². The molecule has 0 bridgehead atoms. The van der Waals surface area contributed by atoms with Gasteiger partial charge in [-0.1, -0.05) is 23.2 Å². The molecule has 0 aliphatic carbocycles. The average Bonchev–Trinajstić information content (AvgIpc) is 2.34. The molecule has 0 atom stereocenters. The number of unbranched alkanes of at least 4 members (excludes halogenated alkanes) is 2. The molecule has 1 rings (SSSR count). The first kappa shape index (κ1) is 15.4. The Hall–Kier alpha value is -0.640. The van der Waals surface area contributed by atoms with Crippen LogP contribution in [-0.2, 0) is 4.74 Å². The fourth-order valence-electron chi connectivity index (χ4n) is 1.27. The van der Waals surface area contributed by atoms with Gasteiger partial charge in [0.1, 0.15) is 0 Å². The summed E-state index contributed by atoms with van der Waals surface area (Å²) in [6.45, 7) is 0.379. The number of hydrogen-bond acceptors (Lipinski definition) is 2. The van der Waals surface area contributed by atoms with Crippen LogP contribution < -0.4 is 5.32 Å². The number of anilines is 1. The van der Waals surface area contributed by atoms with E-state index in [2.05, 4.69) is 5.32 Å². The highest BCUT2D eigenvalue weighted by molar-refractivity contribution is 6.42. The molecule has 0 fully saturated rings. The first-order valence-electron chi connectivity index (χ1n) is 5.58. The van der Waals surface area contributed by atoms with Crippen molar-refractivity contribution >= 4 is 46.6 Å². The summed E-state index contributed by atoms with van der Waals surface area (Å²) in [6.07, 6.45) is 2.18. The Morgan fingerprint density at radius 1 is 1.17 bits per heavy atom. The predicted molar refractivity (Wildman–Crippen MR) is 76.0 cm³/mol. The molecule has 0 spiro atoms. The van der Waals surface area contributed by atoms with Gasteiger partial charge in [0.15, 0.2) is 0 Å². The number of carbonyl (C=O) groups is 1. The van der Waals surface area contributed by atoms with E-state index in [1.807, 2.05) is 0 Å². The maximum absolute atomic E-state index is 11.4. The summed E-state index contributed by atoms with van der Waals surface area (Å²) in [5, 5.41) is 3.40. The lowest BCUT2D eigenvalue weighted by molar-refractivity contribution is 0.159. The van der Waals surface area contributed by atoms with Gasteiger partial charge in [0.05, 0.1) is 16.7 Å². The van der Waals surface area contributed by atoms with E-state index in [4.69, 9.17) is 39.5 Å². The highest BCUT2D eigenvalue weighted by Gasteiger charge is 2.05. The standard InChI is InChI=1S/C12H14Cl3NO2/c13-6-2-1-3-7-18-12(17)16-9-4-5-10(14)11(15)8-9/h4-5,8H,1-3,6-7H2,(H,16,17). The largest absolute Gasteiger partial charge is 0.449 e. The van der Waals surface area contributed by atoms with Crippen molar-refractivity contribution < 1.29 is 9.53 Å². The predicted octanol–water partition coefficient (Wildman–Crippen LogP) is 4.95. The number of nitrogens with one attached hydrogen (secondary N) is 1. The van der Waals surface area contributed by atoms with Crippen molar-refractivity contribution in [2.45, 2.75) is 19.3 Å². The van der Waals surface area contributed by atoms with Crippen molar-refractivity contribution in [3.8, 4) is 0 Å². The molecule has 1 N–H and O–H groups in total. The van der Waals surface area contributed by atoms with E-state index in [0.717, 1.165) is 19.3 Å². The number of amides is 1. The van der Waals surface area contributed by atoms with E-state index in [1.54, 1.807) is 18.2 Å². The Bertz CT molecular complexity index is 399. The molecular weight excluding hydrogens is 296 g/mol. The van der Waals surface area contributed by atoms with Crippen LogP contribution in [0.5, 0.6) is 0 Å². The molecule has 0 unspecified atom stereocenters. The van der Waals surface area contributed by atoms with Crippen LogP contribution in [0.25, 0.3) is 0 Å². The first-order valence-corrected chi connectivity index (χ1v) is 6.87. The number of rotatable bonds is 6. The summed E-state index contributed by atoms with van der Waals surface area (Å²) in [6, 6.07) is 4.83. The number of alkyl halides is 1. The minimum absolute atomic E-state index is 0.379. The third-order valence-corrected chi connectivity index (χ3v) is 3.18. The Morgan fingerprint density at radius 2 is 1.94 bits per heavy atom. The zero-order valence-corrected chi connectivity index (χ0v) is 12.0. The third kappa shape index (κ3) is 5.80. The van der Waals surface area contributed by atoms with Crippen LogP contribution in [0, 0.1) is 0 Å². The van der Waals surface area contributed by atoms with E-state index >= 15 is 0 Å². The number of ether oxygens (including phenoxy) is 1. The van der Waals surface area contributed by atoms with Crippen molar-refractivity contribution in [3.05, 3.63) is 28.2 Å². The first-order chi connectivity index (χ1) is 8.63. The van der Waals surface area contributed by atoms with Crippen LogP contribution in [0.1, 0.15) is 19.3 Å². The summed E-state index contributed by atoms with van der Waals surface area (Å²) in [4.78, 5) is 11.4. The van der Waals surface area contributed by atoms with Crippen LogP contribution in [0.2, 0.25) is 10.0 Å². The van der Waals surface area contributed by atoms with Crippen LogP contribution in [0.4, 0.5) is 10.5 Å². The Kier molecular flexibility index (Phi) is 7.25. The zero-order chi connectivity index (χ0) is 13.4. The van der Waals surface area contributed by atoms with Gasteiger partial charge in [0, 0.05) is 11.6 Å². The maximum Gasteiger partial charge on any atom is 0.411 e. The molecule has 1 aromatic carbocycles. The summed E-state index contributed by atoms with van der Waals surface area (Å²) < 4.78 is 4.99. The number of hydrogen-bond donors (Lipinski definition) is 1. The Morgan fingerprint density at radius 3 is 2.61 bits per heavy atom. The van der Waals surface area contributed by atoms with Crippen molar-refractivity contribution in [2.75, 3.05) is 17.8 Å². The van der Waals surface area contributed by atoms with Crippen molar-refractivity contribution in [3.63, 3.8) is 0 Å². The fourth-order valence-corrected chi connectivity index (χ4v) is 1.75. The van der Waals surface area contributed by atoms with Gasteiger partial charge >= 0.3 is 6.09 Å². The Labute approximate surface area is 121 Å². The number of carbonyl (C=O) groups excluding carboxylic acids is 1. The molecule has 1 amide bonds. The molecule has 6 heteroatoms. The highest BCUT2D eigenvalue weighted by atomic mass is 35.5. The van der Waals surface area contributed by atoms with E-state index in [1.165, 1.54) is 0 Å². The van der Waals surface area contributed by atoms with Crippen molar-refractivity contribution in [1.29, 1.82) is 0 Å². The third-order valence-electron chi connectivity index (χ3n) is 2.18. The molecule has 0 saturated carbocycles. The molecule has 0 aliphatic heterocycles. The molecule has 1 aromatic rings. The second-order valence-corrected chi connectivity index (χ2v) is 4.83. The van der Waals surface area contributed by atoms with Gasteiger partial charge in [0.25, 0.3) is 0 Å². The minimum atomic E-state index is -0.501. The molecule has 3 nitrogen and oxygen atoms in total. The van der Waals surface area contributed by atoms with E-state index < -0.39 is 6.09 Å². The van der Waals surface area contributed by atoms with E-state index in [0.29, 0.717) is 28.2 Å². The number of halogens is 3. The quantitative estimate of drug-likeness (QED) is 0.596. The minimum Gasteiger partial charge on any atom is -0.449 e. The van der Waals surface area contributed by atoms with Gasteiger partial charge in [0.2, 0.25) is 0 Å². The monoisotopic (exact) mass is 309 g/mol. The second kappa shape index (κ2) is 8.46. The van der Waals surface area contributed by atoms with Crippen molar-refractivity contribution in [1.82, 2.24) is 0 Å².